The molecular formula is C30H30F8N2O4S. The van der Waals surface area contributed by atoms with E-state index in [4.69, 9.17) is 4.74 Å². The number of urea groups is 1. The predicted molar refractivity (Wildman–Crippen MR) is 145 cm³/mol. The number of halogens is 8. The van der Waals surface area contributed by atoms with Crippen LogP contribution < -0.4 is 0 Å². The van der Waals surface area contributed by atoms with E-state index in [1.165, 1.54) is 24.1 Å². The average molecular weight is 667 g/mol. The molecule has 0 aromatic heterocycles. The van der Waals surface area contributed by atoms with E-state index < -0.39 is 63.2 Å². The van der Waals surface area contributed by atoms with E-state index in [0.29, 0.717) is 18.6 Å². The lowest BCUT2D eigenvalue weighted by molar-refractivity contribution is -0.348. The fourth-order valence-electron chi connectivity index (χ4n) is 7.01. The van der Waals surface area contributed by atoms with Crippen LogP contribution in [-0.2, 0) is 37.5 Å². The minimum atomic E-state index is -6.31. The Morgan fingerprint density at radius 3 is 2.18 bits per heavy atom. The van der Waals surface area contributed by atoms with Crippen LogP contribution >= 0.6 is 0 Å². The van der Waals surface area contributed by atoms with Crippen LogP contribution in [0.3, 0.4) is 0 Å². The molecule has 2 saturated heterocycles. The number of alkyl halides is 7. The van der Waals surface area contributed by atoms with Crippen molar-refractivity contribution in [3.8, 4) is 0 Å². The summed E-state index contributed by atoms with van der Waals surface area (Å²) >= 11 is -2.07. The molecular weight excluding hydrogens is 636 g/mol. The van der Waals surface area contributed by atoms with E-state index in [1.807, 2.05) is 0 Å². The molecule has 2 fully saturated rings. The Bertz CT molecular complexity index is 1440. The van der Waals surface area contributed by atoms with Crippen LogP contribution in [0.4, 0.5) is 39.9 Å². The molecule has 0 radical (unpaired) electrons. The van der Waals surface area contributed by atoms with Gasteiger partial charge in [-0.3, -0.25) is 4.79 Å². The zero-order valence-corrected chi connectivity index (χ0v) is 25.0. The Kier molecular flexibility index (Phi) is 8.60. The minimum Gasteiger partial charge on any atom is -0.611 e. The Labute approximate surface area is 256 Å². The number of rotatable bonds is 4. The van der Waals surface area contributed by atoms with Crippen LogP contribution in [0.2, 0.25) is 0 Å². The third kappa shape index (κ3) is 5.43. The number of piperidine rings is 1. The molecule has 2 heterocycles. The maximum absolute atomic E-state index is 15.0. The van der Waals surface area contributed by atoms with Crippen LogP contribution in [0, 0.1) is 23.6 Å². The third-order valence-corrected chi connectivity index (χ3v) is 11.4. The summed E-state index contributed by atoms with van der Waals surface area (Å²) in [6.07, 6.45) is -12.2. The van der Waals surface area contributed by atoms with E-state index in [2.05, 4.69) is 0 Å². The third-order valence-electron chi connectivity index (χ3n) is 9.34. The Morgan fingerprint density at radius 1 is 0.956 bits per heavy atom. The summed E-state index contributed by atoms with van der Waals surface area (Å²) in [5.41, 5.74) is -7.18. The number of fused-ring (bicyclic) bond motifs is 3. The quantitative estimate of drug-likeness (QED) is 0.220. The van der Waals surface area contributed by atoms with Crippen LogP contribution in [0.5, 0.6) is 0 Å². The van der Waals surface area contributed by atoms with E-state index >= 15 is 4.39 Å². The number of amides is 2. The number of benzene rings is 2. The van der Waals surface area contributed by atoms with Crippen molar-refractivity contribution in [1.82, 2.24) is 9.80 Å². The second-order valence-corrected chi connectivity index (χ2v) is 13.6. The summed E-state index contributed by atoms with van der Waals surface area (Å²) in [6.45, 7) is 2.12. The first-order chi connectivity index (χ1) is 21.0. The van der Waals surface area contributed by atoms with Crippen LogP contribution in [-0.4, -0.2) is 72.0 Å². The number of likely N-dealkylation sites (tertiary alicyclic amines) is 2. The molecule has 2 amide bonds. The van der Waals surface area contributed by atoms with Crippen molar-refractivity contribution < 1.29 is 54.0 Å². The lowest BCUT2D eigenvalue weighted by Gasteiger charge is -2.41. The van der Waals surface area contributed by atoms with Crippen molar-refractivity contribution in [3.63, 3.8) is 0 Å². The molecule has 0 N–H and O–H groups in total. The number of aryl methyl sites for hydroxylation is 1. The fourth-order valence-corrected chi connectivity index (χ4v) is 8.98. The minimum absolute atomic E-state index is 0.0449. The van der Waals surface area contributed by atoms with Gasteiger partial charge in [0.25, 0.3) is 0 Å². The van der Waals surface area contributed by atoms with Gasteiger partial charge in [-0.2, -0.15) is 26.3 Å². The average Bonchev–Trinajstić information content (AvgIpc) is 3.39. The highest BCUT2D eigenvalue weighted by molar-refractivity contribution is 7.92. The first-order valence-electron chi connectivity index (χ1n) is 14.2. The SMILES string of the molecule is COC(=O)C1CCN(C(=O)N2CC3CCc4cc(C(F)(C(F)(F)F)C(F)(F)F)ccc4C3([S+]([O-])c3ccc(F)cc3)C2)CC1C. The number of esters is 1. The van der Waals surface area contributed by atoms with Crippen molar-refractivity contribution in [3.05, 3.63) is 65.0 Å². The monoisotopic (exact) mass is 666 g/mol. The molecule has 5 atom stereocenters. The van der Waals surface area contributed by atoms with Gasteiger partial charge in [-0.1, -0.05) is 25.1 Å². The molecule has 5 unspecified atom stereocenters. The molecule has 2 aliphatic heterocycles. The molecule has 2 aromatic carbocycles. The zero-order valence-electron chi connectivity index (χ0n) is 24.2. The Morgan fingerprint density at radius 2 is 1.60 bits per heavy atom. The highest BCUT2D eigenvalue weighted by Crippen LogP contribution is 2.56. The van der Waals surface area contributed by atoms with E-state index in [1.54, 1.807) is 11.8 Å². The first-order valence-corrected chi connectivity index (χ1v) is 15.4. The molecule has 0 bridgehead atoms. The van der Waals surface area contributed by atoms with Gasteiger partial charge < -0.3 is 19.1 Å². The fraction of sp³-hybridized carbons (Fsp3) is 0.533. The number of carbonyl (C=O) groups excluding carboxylic acids is 2. The van der Waals surface area contributed by atoms with E-state index in [0.717, 1.165) is 18.2 Å². The molecule has 2 aromatic rings. The zero-order chi connectivity index (χ0) is 33.1. The summed E-state index contributed by atoms with van der Waals surface area (Å²) in [6, 6.07) is 6.14. The summed E-state index contributed by atoms with van der Waals surface area (Å²) in [5.74, 6) is -2.19. The van der Waals surface area contributed by atoms with Crippen LogP contribution in [0.15, 0.2) is 47.4 Å². The molecule has 5 rings (SSSR count). The highest BCUT2D eigenvalue weighted by atomic mass is 32.2. The molecule has 1 aliphatic carbocycles. The van der Waals surface area contributed by atoms with Gasteiger partial charge in [0, 0.05) is 36.7 Å². The van der Waals surface area contributed by atoms with E-state index in [9.17, 15) is 44.9 Å². The predicted octanol–water partition coefficient (Wildman–Crippen LogP) is 6.25. The second-order valence-electron chi connectivity index (χ2n) is 11.9. The molecule has 0 saturated carbocycles. The molecule has 6 nitrogen and oxygen atoms in total. The Hall–Kier alpha value is -3.07. The number of carbonyl (C=O) groups is 2. The summed E-state index contributed by atoms with van der Waals surface area (Å²) in [4.78, 5) is 29.1. The maximum Gasteiger partial charge on any atom is 0.435 e. The smallest absolute Gasteiger partial charge is 0.435 e. The molecule has 0 spiro atoms. The highest BCUT2D eigenvalue weighted by Gasteiger charge is 2.74. The molecule has 45 heavy (non-hydrogen) atoms. The van der Waals surface area contributed by atoms with Crippen molar-refractivity contribution in [2.45, 2.75) is 53.9 Å². The maximum atomic E-state index is 15.0. The molecule has 15 heteroatoms. The number of hydrogen-bond donors (Lipinski definition) is 0. The van der Waals surface area contributed by atoms with Crippen LogP contribution in [0.1, 0.15) is 36.5 Å². The number of ether oxygens (including phenoxy) is 1. The normalized spacial score (nSPS) is 26.2. The van der Waals surface area contributed by atoms with Gasteiger partial charge in [0.15, 0.2) is 9.64 Å². The summed E-state index contributed by atoms with van der Waals surface area (Å²) in [7, 11) is 1.28. The van der Waals surface area contributed by atoms with Crippen molar-refractivity contribution >= 4 is 23.2 Å². The second kappa shape index (κ2) is 11.6. The summed E-state index contributed by atoms with van der Waals surface area (Å²) in [5, 5.41) is 0. The van der Waals surface area contributed by atoms with Crippen molar-refractivity contribution in [2.24, 2.45) is 17.8 Å². The molecule has 246 valence electrons. The Balaban J connectivity index is 1.55. The van der Waals surface area contributed by atoms with Crippen molar-refractivity contribution in [2.75, 3.05) is 33.3 Å². The number of hydrogen-bond acceptors (Lipinski definition) is 4. The molecule has 3 aliphatic rings. The van der Waals surface area contributed by atoms with Gasteiger partial charge in [-0.05, 0) is 66.2 Å². The first kappa shape index (κ1) is 33.3. The lowest BCUT2D eigenvalue weighted by Crippen LogP contribution is -2.51. The van der Waals surface area contributed by atoms with Gasteiger partial charge in [0.2, 0.25) is 0 Å². The van der Waals surface area contributed by atoms with Crippen LogP contribution in [0.25, 0.3) is 0 Å². The standard InChI is InChI=1S/C30H30F8N2O4S/c1-17-14-39(12-11-23(17)25(41)44-2)26(42)40-15-20-4-3-18-13-19(28(32,29(33,34)35)30(36,37)38)5-10-24(18)27(20,16-40)45(43)22-8-6-21(31)7-9-22/h5-10,13,17,20,23H,3-4,11-12,14-16H2,1-2H3. The topological polar surface area (TPSA) is 72.9 Å². The van der Waals surface area contributed by atoms with Gasteiger partial charge >= 0.3 is 30.0 Å². The van der Waals surface area contributed by atoms with Gasteiger partial charge in [0.1, 0.15) is 5.82 Å². The summed E-state index contributed by atoms with van der Waals surface area (Å²) < 4.78 is 128. The number of nitrogens with zero attached hydrogens (tertiary/aromatic N) is 2. The lowest BCUT2D eigenvalue weighted by atomic mass is 9.75. The van der Waals surface area contributed by atoms with Gasteiger partial charge in [-0.15, -0.1) is 0 Å². The van der Waals surface area contributed by atoms with Crippen molar-refractivity contribution in [1.29, 1.82) is 0 Å². The number of methoxy groups -OCH3 is 1. The van der Waals surface area contributed by atoms with Gasteiger partial charge in [0.05, 0.1) is 19.6 Å². The van der Waals surface area contributed by atoms with Gasteiger partial charge in [-0.25, -0.2) is 13.6 Å². The van der Waals surface area contributed by atoms with E-state index in [-0.39, 0.29) is 66.9 Å². The largest absolute Gasteiger partial charge is 0.611 e.